The summed E-state index contributed by atoms with van der Waals surface area (Å²) in [5.41, 5.74) is 0. The third kappa shape index (κ3) is 1500. The molecule has 0 aliphatic rings. The van der Waals surface area contributed by atoms with E-state index >= 15 is 0 Å². The number of nitrogens with zero attached hydrogens (tertiary/aromatic N) is 2. The quantitative estimate of drug-likeness (QED) is 0.237. The maximum atomic E-state index is 8.25. The second-order valence-corrected chi connectivity index (χ2v) is 0.447. The van der Waals surface area contributed by atoms with E-state index in [1.54, 1.807) is 0 Å². The van der Waals surface area contributed by atoms with Gasteiger partial charge in [0.1, 0.15) is 0 Å². The molecule has 0 aromatic carbocycles. The molecule has 14 heavy (non-hydrogen) atoms. The van der Waals surface area contributed by atoms with Crippen LogP contribution in [0.4, 0.5) is 0 Å². The summed E-state index contributed by atoms with van der Waals surface area (Å²) < 4.78 is 0. The molecule has 0 aliphatic heterocycles. The van der Waals surface area contributed by atoms with Gasteiger partial charge in [0, 0.05) is 0 Å². The number of hydrogen-bond donors (Lipinski definition) is 0. The Morgan fingerprint density at radius 3 is 0.643 bits per heavy atom. The zero-order chi connectivity index (χ0) is 7.15. The van der Waals surface area contributed by atoms with Crippen molar-refractivity contribution >= 4 is 89.1 Å². The molecule has 0 fully saturated rings. The molecule has 0 amide bonds. The van der Waals surface area contributed by atoms with Crippen LogP contribution in [-0.2, 0) is 0 Å². The van der Waals surface area contributed by atoms with Gasteiger partial charge in [0.15, 0.2) is 0 Å². The normalized spacial score (nSPS) is 3.43. The molecular formula is H9CaKN2O10. The first-order valence-electron chi connectivity index (χ1n) is 1.10. The summed E-state index contributed by atoms with van der Waals surface area (Å²) in [7, 11) is 0. The predicted molar refractivity (Wildman–Crippen MR) is 48.1 cm³/mol. The van der Waals surface area contributed by atoms with Gasteiger partial charge < -0.3 is 52.5 Å². The molecule has 0 spiro atoms. The molecule has 0 aromatic heterocycles. The van der Waals surface area contributed by atoms with Gasteiger partial charge in [0.2, 0.25) is 0 Å². The van der Waals surface area contributed by atoms with Crippen molar-refractivity contribution in [2.45, 2.75) is 0 Å². The van der Waals surface area contributed by atoms with Crippen LogP contribution in [0.2, 0.25) is 0 Å². The minimum atomic E-state index is -1.75. The zero-order valence-corrected chi connectivity index (χ0v) is 8.26. The Bertz CT molecular complexity index is 76.1. The molecule has 8 N–H and O–H groups in total. The molecule has 0 atom stereocenters. The van der Waals surface area contributed by atoms with Gasteiger partial charge in [0.05, 0.1) is 10.2 Å². The molecule has 0 aromatic rings. The fraction of sp³-hybridized carbons (Fsp3) is 0. The fourth-order valence-corrected chi connectivity index (χ4v) is 0. The summed E-state index contributed by atoms with van der Waals surface area (Å²) in [4.78, 5) is 16.5. The van der Waals surface area contributed by atoms with Crippen molar-refractivity contribution in [3.8, 4) is 0 Å². The molecule has 0 heterocycles. The first-order chi connectivity index (χ1) is 3.46. The van der Waals surface area contributed by atoms with Crippen molar-refractivity contribution in [3.05, 3.63) is 30.6 Å². The van der Waals surface area contributed by atoms with E-state index in [0.717, 1.165) is 0 Å². The molecule has 0 rings (SSSR count). The summed E-state index contributed by atoms with van der Waals surface area (Å²) in [6, 6.07) is 0. The van der Waals surface area contributed by atoms with Crippen LogP contribution in [0.15, 0.2) is 0 Å². The molecule has 0 aliphatic carbocycles. The Labute approximate surface area is 149 Å². The monoisotopic (exact) mass is 276 g/mol. The summed E-state index contributed by atoms with van der Waals surface area (Å²) in [5.74, 6) is 0. The van der Waals surface area contributed by atoms with Crippen molar-refractivity contribution in [1.82, 2.24) is 0 Å². The van der Waals surface area contributed by atoms with E-state index in [1.165, 1.54) is 0 Å². The topological polar surface area (TPSA) is 258 Å². The molecule has 82 valence electrons. The average Bonchev–Trinajstić information content (AvgIpc) is 1.25. The van der Waals surface area contributed by atoms with Crippen molar-refractivity contribution in [1.29, 1.82) is 0 Å². The zero-order valence-electron chi connectivity index (χ0n) is 6.05. The van der Waals surface area contributed by atoms with Crippen LogP contribution in [0.5, 0.6) is 0 Å². The average molecular weight is 276 g/mol. The second kappa shape index (κ2) is 47.9. The van der Waals surface area contributed by atoms with E-state index < -0.39 is 10.2 Å². The van der Waals surface area contributed by atoms with Gasteiger partial charge >= 0.3 is 89.1 Å². The molecule has 0 saturated heterocycles. The van der Waals surface area contributed by atoms with E-state index in [9.17, 15) is 0 Å². The van der Waals surface area contributed by atoms with Crippen LogP contribution >= 0.6 is 0 Å². The van der Waals surface area contributed by atoms with Gasteiger partial charge in [-0.3, -0.25) is 0 Å². The van der Waals surface area contributed by atoms with E-state index in [4.69, 9.17) is 30.6 Å². The standard InChI is InChI=1S/Ca.K.2NO3.4H2O.H/c;;2*2-1(3)4;;;;;/h;;;;4*1H2;/q+2;;2*-1;;;;;. The van der Waals surface area contributed by atoms with Crippen LogP contribution in [0.1, 0.15) is 0 Å². The Kier molecular flexibility index (Phi) is 203. The van der Waals surface area contributed by atoms with Gasteiger partial charge in [-0.1, -0.05) is 0 Å². The minimum absolute atomic E-state index is 0. The third-order valence-electron chi connectivity index (χ3n) is 0. The van der Waals surface area contributed by atoms with E-state index in [1.807, 2.05) is 0 Å². The van der Waals surface area contributed by atoms with Crippen LogP contribution in [0.3, 0.4) is 0 Å². The van der Waals surface area contributed by atoms with Crippen LogP contribution < -0.4 is 0 Å². The predicted octanol–water partition coefficient (Wildman–Crippen LogP) is -4.81. The van der Waals surface area contributed by atoms with Crippen molar-refractivity contribution in [3.63, 3.8) is 0 Å². The van der Waals surface area contributed by atoms with Crippen LogP contribution in [0.25, 0.3) is 0 Å². The van der Waals surface area contributed by atoms with Gasteiger partial charge in [-0.15, -0.1) is 0 Å². The fourth-order valence-electron chi connectivity index (χ4n) is 0. The van der Waals surface area contributed by atoms with Gasteiger partial charge in [-0.2, -0.15) is 0 Å². The van der Waals surface area contributed by atoms with Crippen LogP contribution in [0, 0.1) is 30.6 Å². The van der Waals surface area contributed by atoms with Gasteiger partial charge in [-0.25, -0.2) is 0 Å². The third-order valence-corrected chi connectivity index (χ3v) is 0. The maximum absolute atomic E-state index is 8.25. The number of hydrogen-bond acceptors (Lipinski definition) is 6. The van der Waals surface area contributed by atoms with Crippen LogP contribution in [-0.4, -0.2) is 121 Å². The molecule has 0 unspecified atom stereocenters. The summed E-state index contributed by atoms with van der Waals surface area (Å²) in [6.07, 6.45) is 0. The van der Waals surface area contributed by atoms with E-state index in [0.29, 0.717) is 0 Å². The molecular weight excluding hydrogens is 267 g/mol. The Morgan fingerprint density at radius 1 is 0.643 bits per heavy atom. The van der Waals surface area contributed by atoms with Gasteiger partial charge in [0.25, 0.3) is 0 Å². The first kappa shape index (κ1) is 59.4. The van der Waals surface area contributed by atoms with Crippen molar-refractivity contribution in [2.75, 3.05) is 0 Å². The molecule has 0 saturated carbocycles. The SMILES string of the molecule is O.O.O.O.O=[N+]([O-])[O-].O=[N+]([O-])[O-].[Ca+2].[KH]. The Morgan fingerprint density at radius 2 is 0.643 bits per heavy atom. The van der Waals surface area contributed by atoms with E-state index in [2.05, 4.69) is 0 Å². The molecule has 12 nitrogen and oxygen atoms in total. The Hall–Kier alpha value is 1.14. The van der Waals surface area contributed by atoms with Crippen molar-refractivity contribution in [2.24, 2.45) is 0 Å². The number of rotatable bonds is 0. The first-order valence-corrected chi connectivity index (χ1v) is 1.10. The summed E-state index contributed by atoms with van der Waals surface area (Å²) >= 11 is 0. The van der Waals surface area contributed by atoms with E-state index in [-0.39, 0.29) is 111 Å². The molecule has 0 radical (unpaired) electrons. The second-order valence-electron chi connectivity index (χ2n) is 0.447. The Balaban J connectivity index is -0.00000000600. The molecule has 14 heteroatoms. The molecule has 0 bridgehead atoms. The van der Waals surface area contributed by atoms with Crippen molar-refractivity contribution < 1.29 is 32.1 Å². The summed E-state index contributed by atoms with van der Waals surface area (Å²) in [6.45, 7) is 0. The summed E-state index contributed by atoms with van der Waals surface area (Å²) in [5, 5.41) is 29.5. The van der Waals surface area contributed by atoms with Gasteiger partial charge in [-0.05, 0) is 0 Å².